The first-order valence-electron chi connectivity index (χ1n) is 5.15. The zero-order valence-corrected chi connectivity index (χ0v) is 8.73. The molecule has 5 heteroatoms. The number of carboxylic acids is 1. The average molecular weight is 213 g/mol. The molecule has 1 heterocycles. The van der Waals surface area contributed by atoms with E-state index in [1.165, 1.54) is 0 Å². The largest absolute Gasteiger partial charge is 0.480 e. The molecule has 0 bridgehead atoms. The number of amides is 2. The van der Waals surface area contributed by atoms with Crippen molar-refractivity contribution in [2.24, 2.45) is 0 Å². The molecule has 0 aromatic carbocycles. The molecule has 1 atom stereocenters. The zero-order chi connectivity index (χ0) is 11.4. The number of hydrogen-bond donors (Lipinski definition) is 1. The molecule has 0 aromatic heterocycles. The Bertz CT molecular complexity index is 269. The van der Waals surface area contributed by atoms with Gasteiger partial charge in [-0.25, -0.2) is 4.79 Å². The third-order valence-corrected chi connectivity index (χ3v) is 2.55. The molecule has 1 unspecified atom stereocenters. The Kier molecular flexibility index (Phi) is 3.82. The number of aliphatic carboxylic acids is 1. The molecule has 1 aliphatic rings. The lowest BCUT2D eigenvalue weighted by Crippen LogP contribution is -2.47. The van der Waals surface area contributed by atoms with Crippen LogP contribution >= 0.6 is 0 Å². The van der Waals surface area contributed by atoms with Gasteiger partial charge in [0.15, 0.2) is 0 Å². The van der Waals surface area contributed by atoms with Crippen LogP contribution in [0.25, 0.3) is 0 Å². The predicted octanol–water partition coefficient (Wildman–Crippen LogP) is 0.779. The SMILES string of the molecule is CCC(C(=O)O)N1C(=O)CCCCC1=O. The number of carbonyl (C=O) groups is 3. The summed E-state index contributed by atoms with van der Waals surface area (Å²) >= 11 is 0. The fraction of sp³-hybridized carbons (Fsp3) is 0.700. The fourth-order valence-corrected chi connectivity index (χ4v) is 1.75. The van der Waals surface area contributed by atoms with Crippen molar-refractivity contribution in [2.75, 3.05) is 0 Å². The van der Waals surface area contributed by atoms with Gasteiger partial charge in [0.05, 0.1) is 0 Å². The summed E-state index contributed by atoms with van der Waals surface area (Å²) < 4.78 is 0. The maximum absolute atomic E-state index is 11.6. The number of likely N-dealkylation sites (tertiary alicyclic amines) is 1. The summed E-state index contributed by atoms with van der Waals surface area (Å²) in [6.45, 7) is 1.66. The second-order valence-corrected chi connectivity index (χ2v) is 3.63. The van der Waals surface area contributed by atoms with E-state index in [4.69, 9.17) is 5.11 Å². The summed E-state index contributed by atoms with van der Waals surface area (Å²) in [6, 6.07) is -0.997. The Morgan fingerprint density at radius 1 is 1.33 bits per heavy atom. The Morgan fingerprint density at radius 3 is 2.13 bits per heavy atom. The van der Waals surface area contributed by atoms with Crippen molar-refractivity contribution in [1.29, 1.82) is 0 Å². The number of carboxylic acid groups (broad SMARTS) is 1. The van der Waals surface area contributed by atoms with Gasteiger partial charge < -0.3 is 5.11 Å². The quantitative estimate of drug-likeness (QED) is 0.703. The highest BCUT2D eigenvalue weighted by atomic mass is 16.4. The van der Waals surface area contributed by atoms with E-state index in [0.29, 0.717) is 12.8 Å². The molecule has 0 aliphatic carbocycles. The van der Waals surface area contributed by atoms with E-state index in [0.717, 1.165) is 4.90 Å². The second kappa shape index (κ2) is 4.91. The van der Waals surface area contributed by atoms with Crippen molar-refractivity contribution in [1.82, 2.24) is 4.90 Å². The monoisotopic (exact) mass is 213 g/mol. The van der Waals surface area contributed by atoms with Gasteiger partial charge >= 0.3 is 5.97 Å². The summed E-state index contributed by atoms with van der Waals surface area (Å²) in [5.74, 6) is -1.82. The summed E-state index contributed by atoms with van der Waals surface area (Å²) in [6.07, 6.45) is 2.13. The smallest absolute Gasteiger partial charge is 0.326 e. The minimum absolute atomic E-state index is 0.257. The van der Waals surface area contributed by atoms with Crippen LogP contribution in [0.15, 0.2) is 0 Å². The number of rotatable bonds is 3. The summed E-state index contributed by atoms with van der Waals surface area (Å²) in [5, 5.41) is 8.91. The summed E-state index contributed by atoms with van der Waals surface area (Å²) in [7, 11) is 0. The van der Waals surface area contributed by atoms with Crippen LogP contribution < -0.4 is 0 Å². The average Bonchev–Trinajstić information content (AvgIpc) is 2.32. The number of carbonyl (C=O) groups excluding carboxylic acids is 2. The van der Waals surface area contributed by atoms with Gasteiger partial charge in [0.25, 0.3) is 0 Å². The van der Waals surface area contributed by atoms with E-state index >= 15 is 0 Å². The lowest BCUT2D eigenvalue weighted by Gasteiger charge is -2.24. The molecule has 1 fully saturated rings. The van der Waals surface area contributed by atoms with Crippen molar-refractivity contribution in [3.8, 4) is 0 Å². The molecule has 1 rings (SSSR count). The van der Waals surface area contributed by atoms with Crippen LogP contribution in [0.4, 0.5) is 0 Å². The van der Waals surface area contributed by atoms with Crippen molar-refractivity contribution in [2.45, 2.75) is 45.1 Å². The molecule has 1 saturated heterocycles. The first-order chi connectivity index (χ1) is 7.07. The van der Waals surface area contributed by atoms with Gasteiger partial charge in [-0.15, -0.1) is 0 Å². The molecular weight excluding hydrogens is 198 g/mol. The minimum atomic E-state index is -1.11. The first-order valence-corrected chi connectivity index (χ1v) is 5.15. The van der Waals surface area contributed by atoms with Crippen LogP contribution in [-0.2, 0) is 14.4 Å². The molecule has 5 nitrogen and oxygen atoms in total. The van der Waals surface area contributed by atoms with Gasteiger partial charge in [0.1, 0.15) is 6.04 Å². The maximum Gasteiger partial charge on any atom is 0.326 e. The van der Waals surface area contributed by atoms with E-state index in [1.807, 2.05) is 0 Å². The number of nitrogens with zero attached hydrogens (tertiary/aromatic N) is 1. The Balaban J connectivity index is 2.90. The number of imide groups is 1. The van der Waals surface area contributed by atoms with Crippen LogP contribution in [0.1, 0.15) is 39.0 Å². The van der Waals surface area contributed by atoms with Crippen molar-refractivity contribution < 1.29 is 19.5 Å². The first kappa shape index (κ1) is 11.7. The van der Waals surface area contributed by atoms with E-state index < -0.39 is 12.0 Å². The van der Waals surface area contributed by atoms with Crippen LogP contribution in [0, 0.1) is 0 Å². The summed E-state index contributed by atoms with van der Waals surface area (Å²) in [5.41, 5.74) is 0. The fourth-order valence-electron chi connectivity index (χ4n) is 1.75. The zero-order valence-electron chi connectivity index (χ0n) is 8.73. The van der Waals surface area contributed by atoms with E-state index in [9.17, 15) is 14.4 Å². The second-order valence-electron chi connectivity index (χ2n) is 3.63. The highest BCUT2D eigenvalue weighted by Crippen LogP contribution is 2.17. The van der Waals surface area contributed by atoms with Crippen molar-refractivity contribution in [3.63, 3.8) is 0 Å². The molecule has 2 amide bonds. The minimum Gasteiger partial charge on any atom is -0.480 e. The van der Waals surface area contributed by atoms with Gasteiger partial charge in [0, 0.05) is 12.8 Å². The Morgan fingerprint density at radius 2 is 1.80 bits per heavy atom. The Labute approximate surface area is 88.1 Å². The molecule has 0 aromatic rings. The third-order valence-electron chi connectivity index (χ3n) is 2.55. The molecule has 0 spiro atoms. The predicted molar refractivity (Wildman–Crippen MR) is 52.0 cm³/mol. The Hall–Kier alpha value is -1.39. The van der Waals surface area contributed by atoms with Crippen LogP contribution in [-0.4, -0.2) is 33.8 Å². The van der Waals surface area contributed by atoms with E-state index in [1.54, 1.807) is 6.92 Å². The standard InChI is InChI=1S/C10H15NO4/c1-2-7(10(14)15)11-8(12)5-3-4-6-9(11)13/h7H,2-6H2,1H3,(H,14,15). The highest BCUT2D eigenvalue weighted by molar-refractivity contribution is 5.99. The molecule has 84 valence electrons. The molecule has 0 saturated carbocycles. The molecule has 1 aliphatic heterocycles. The van der Waals surface area contributed by atoms with E-state index in [-0.39, 0.29) is 31.1 Å². The molecule has 15 heavy (non-hydrogen) atoms. The van der Waals surface area contributed by atoms with E-state index in [2.05, 4.69) is 0 Å². The third kappa shape index (κ3) is 2.55. The lowest BCUT2D eigenvalue weighted by atomic mass is 10.2. The van der Waals surface area contributed by atoms with Gasteiger partial charge in [0.2, 0.25) is 11.8 Å². The van der Waals surface area contributed by atoms with Gasteiger partial charge in [-0.3, -0.25) is 14.5 Å². The van der Waals surface area contributed by atoms with Crippen LogP contribution in [0.3, 0.4) is 0 Å². The lowest BCUT2D eigenvalue weighted by molar-refractivity contribution is -0.157. The normalized spacial score (nSPS) is 19.9. The molecule has 1 N–H and O–H groups in total. The van der Waals surface area contributed by atoms with Crippen molar-refractivity contribution in [3.05, 3.63) is 0 Å². The number of hydrogen-bond acceptors (Lipinski definition) is 3. The molecular formula is C10H15NO4. The summed E-state index contributed by atoms with van der Waals surface area (Å²) in [4.78, 5) is 35.0. The van der Waals surface area contributed by atoms with Crippen molar-refractivity contribution >= 4 is 17.8 Å². The topological polar surface area (TPSA) is 74.7 Å². The van der Waals surface area contributed by atoms with Crippen LogP contribution in [0.5, 0.6) is 0 Å². The molecule has 0 radical (unpaired) electrons. The highest BCUT2D eigenvalue weighted by Gasteiger charge is 2.33. The van der Waals surface area contributed by atoms with Gasteiger partial charge in [-0.1, -0.05) is 6.92 Å². The van der Waals surface area contributed by atoms with Crippen LogP contribution in [0.2, 0.25) is 0 Å². The van der Waals surface area contributed by atoms with Gasteiger partial charge in [-0.05, 0) is 19.3 Å². The maximum atomic E-state index is 11.6. The van der Waals surface area contributed by atoms with Gasteiger partial charge in [-0.2, -0.15) is 0 Å².